The van der Waals surface area contributed by atoms with Gasteiger partial charge in [0.1, 0.15) is 0 Å². The van der Waals surface area contributed by atoms with Crippen LogP contribution in [0.1, 0.15) is 23.4 Å². The third kappa shape index (κ3) is 3.90. The number of hydrogen-bond acceptors (Lipinski definition) is 5. The number of carbonyl (C=O) groups is 2. The molecule has 0 radical (unpaired) electrons. The van der Waals surface area contributed by atoms with Crippen LogP contribution in [0.2, 0.25) is 0 Å². The molecule has 0 aromatic carbocycles. The van der Waals surface area contributed by atoms with Crippen LogP contribution in [0.5, 0.6) is 0 Å². The summed E-state index contributed by atoms with van der Waals surface area (Å²) in [7, 11) is 0. The van der Waals surface area contributed by atoms with Crippen LogP contribution >= 0.6 is 11.3 Å². The highest BCUT2D eigenvalue weighted by molar-refractivity contribution is 7.09. The molecule has 126 valence electrons. The Morgan fingerprint density at radius 1 is 1.04 bits per heavy atom. The SMILES string of the molecule is Cc1ncsc1CCN1CCN(C(=O)C(=O)N2CCCC2)CC1. The van der Waals surface area contributed by atoms with Crippen LogP contribution in [0.15, 0.2) is 5.51 Å². The van der Waals surface area contributed by atoms with E-state index in [1.165, 1.54) is 4.88 Å². The van der Waals surface area contributed by atoms with Crippen molar-refractivity contribution in [2.45, 2.75) is 26.2 Å². The van der Waals surface area contributed by atoms with Gasteiger partial charge >= 0.3 is 11.8 Å². The maximum atomic E-state index is 12.3. The van der Waals surface area contributed by atoms with Gasteiger partial charge in [-0.1, -0.05) is 0 Å². The zero-order valence-electron chi connectivity index (χ0n) is 13.7. The minimum absolute atomic E-state index is 0.309. The molecule has 7 heteroatoms. The fourth-order valence-electron chi connectivity index (χ4n) is 3.19. The predicted molar refractivity (Wildman–Crippen MR) is 89.4 cm³/mol. The van der Waals surface area contributed by atoms with Crippen LogP contribution < -0.4 is 0 Å². The number of nitrogens with zero attached hydrogens (tertiary/aromatic N) is 4. The summed E-state index contributed by atoms with van der Waals surface area (Å²) in [5.74, 6) is -0.624. The summed E-state index contributed by atoms with van der Waals surface area (Å²) in [6.45, 7) is 7.50. The Kier molecular flexibility index (Phi) is 5.27. The van der Waals surface area contributed by atoms with Crippen LogP contribution in [0.3, 0.4) is 0 Å². The molecule has 0 saturated carbocycles. The number of piperazine rings is 1. The lowest BCUT2D eigenvalue weighted by Gasteiger charge is -2.34. The summed E-state index contributed by atoms with van der Waals surface area (Å²) in [6.07, 6.45) is 3.05. The predicted octanol–water partition coefficient (Wildman–Crippen LogP) is 0.761. The summed E-state index contributed by atoms with van der Waals surface area (Å²) in [4.78, 5) is 35.8. The lowest BCUT2D eigenvalue weighted by Crippen LogP contribution is -2.53. The molecule has 0 spiro atoms. The smallest absolute Gasteiger partial charge is 0.312 e. The molecular weight excluding hydrogens is 312 g/mol. The highest BCUT2D eigenvalue weighted by atomic mass is 32.1. The van der Waals surface area contributed by atoms with E-state index in [0.29, 0.717) is 13.1 Å². The van der Waals surface area contributed by atoms with Crippen LogP contribution in [-0.4, -0.2) is 77.3 Å². The van der Waals surface area contributed by atoms with E-state index in [-0.39, 0.29) is 11.8 Å². The first-order valence-corrected chi connectivity index (χ1v) is 9.22. The topological polar surface area (TPSA) is 56.8 Å². The lowest BCUT2D eigenvalue weighted by atomic mass is 10.2. The molecule has 0 bridgehead atoms. The summed E-state index contributed by atoms with van der Waals surface area (Å²) in [5.41, 5.74) is 3.02. The molecule has 2 aliphatic heterocycles. The minimum atomic E-state index is -0.315. The molecule has 2 aliphatic rings. The van der Waals surface area contributed by atoms with Gasteiger partial charge in [0.15, 0.2) is 0 Å². The molecule has 1 aromatic rings. The standard InChI is InChI=1S/C16H24N4O2S/c1-13-14(23-12-17-13)4-7-18-8-10-20(11-9-18)16(22)15(21)19-5-2-3-6-19/h12H,2-11H2,1H3. The molecular formula is C16H24N4O2S. The molecule has 0 aliphatic carbocycles. The van der Waals surface area contributed by atoms with Gasteiger partial charge in [0.05, 0.1) is 11.2 Å². The first-order chi connectivity index (χ1) is 11.1. The Balaban J connectivity index is 1.43. The molecule has 2 fully saturated rings. The Labute approximate surface area is 141 Å². The van der Waals surface area contributed by atoms with E-state index in [1.54, 1.807) is 21.1 Å². The number of thiazole rings is 1. The highest BCUT2D eigenvalue weighted by Gasteiger charge is 2.30. The quantitative estimate of drug-likeness (QED) is 0.765. The average molecular weight is 336 g/mol. The van der Waals surface area contributed by atoms with Crippen molar-refractivity contribution in [1.82, 2.24) is 19.7 Å². The fraction of sp³-hybridized carbons (Fsp3) is 0.688. The second kappa shape index (κ2) is 7.40. The largest absolute Gasteiger partial charge is 0.334 e. The van der Waals surface area contributed by atoms with Crippen molar-refractivity contribution in [3.63, 3.8) is 0 Å². The van der Waals surface area contributed by atoms with Crippen LogP contribution in [-0.2, 0) is 16.0 Å². The third-order valence-corrected chi connectivity index (χ3v) is 5.73. The Bertz CT molecular complexity index is 560. The van der Waals surface area contributed by atoms with E-state index in [2.05, 4.69) is 9.88 Å². The summed E-state index contributed by atoms with van der Waals surface area (Å²) in [5, 5.41) is 0. The Hall–Kier alpha value is -1.47. The second-order valence-electron chi connectivity index (χ2n) is 6.24. The summed E-state index contributed by atoms with van der Waals surface area (Å²) < 4.78 is 0. The van der Waals surface area contributed by atoms with Crippen LogP contribution in [0.25, 0.3) is 0 Å². The zero-order valence-corrected chi connectivity index (χ0v) is 14.5. The number of amides is 2. The first kappa shape index (κ1) is 16.4. The van der Waals surface area contributed by atoms with E-state index in [9.17, 15) is 9.59 Å². The number of aryl methyl sites for hydroxylation is 1. The second-order valence-corrected chi connectivity index (χ2v) is 7.18. The summed E-state index contributed by atoms with van der Waals surface area (Å²) in [6, 6.07) is 0. The number of rotatable bonds is 3. The molecule has 23 heavy (non-hydrogen) atoms. The molecule has 0 atom stereocenters. The third-order valence-electron chi connectivity index (χ3n) is 4.74. The van der Waals surface area contributed by atoms with Gasteiger partial charge in [-0.25, -0.2) is 4.98 Å². The van der Waals surface area contributed by atoms with Crippen LogP contribution in [0.4, 0.5) is 0 Å². The molecule has 2 saturated heterocycles. The fourth-order valence-corrected chi connectivity index (χ4v) is 3.96. The number of likely N-dealkylation sites (tertiary alicyclic amines) is 1. The van der Waals surface area contributed by atoms with Gasteiger partial charge in [-0.15, -0.1) is 11.3 Å². The van der Waals surface area contributed by atoms with Crippen molar-refractivity contribution in [2.24, 2.45) is 0 Å². The zero-order chi connectivity index (χ0) is 16.2. The molecule has 3 rings (SSSR count). The van der Waals surface area contributed by atoms with Gasteiger partial charge in [-0.3, -0.25) is 14.5 Å². The molecule has 0 N–H and O–H groups in total. The monoisotopic (exact) mass is 336 g/mol. The summed E-state index contributed by atoms with van der Waals surface area (Å²) >= 11 is 1.71. The lowest BCUT2D eigenvalue weighted by molar-refractivity contribution is -0.152. The average Bonchev–Trinajstić information content (AvgIpc) is 3.24. The van der Waals surface area contributed by atoms with E-state index < -0.39 is 0 Å². The number of aromatic nitrogens is 1. The van der Waals surface area contributed by atoms with Crippen molar-refractivity contribution >= 4 is 23.2 Å². The van der Waals surface area contributed by atoms with Crippen LogP contribution in [0, 0.1) is 6.92 Å². The first-order valence-electron chi connectivity index (χ1n) is 8.34. The van der Waals surface area contributed by atoms with E-state index in [0.717, 1.165) is 57.7 Å². The van der Waals surface area contributed by atoms with E-state index in [1.807, 2.05) is 12.4 Å². The maximum Gasteiger partial charge on any atom is 0.312 e. The Morgan fingerprint density at radius 3 is 2.22 bits per heavy atom. The van der Waals surface area contributed by atoms with Crippen molar-refractivity contribution in [3.05, 3.63) is 16.1 Å². The van der Waals surface area contributed by atoms with Crippen molar-refractivity contribution < 1.29 is 9.59 Å². The van der Waals surface area contributed by atoms with Gasteiger partial charge < -0.3 is 9.80 Å². The molecule has 1 aromatic heterocycles. The van der Waals surface area contributed by atoms with Gasteiger partial charge in [0, 0.05) is 50.7 Å². The van der Waals surface area contributed by atoms with Gasteiger partial charge in [-0.2, -0.15) is 0 Å². The van der Waals surface area contributed by atoms with Crippen molar-refractivity contribution in [3.8, 4) is 0 Å². The minimum Gasteiger partial charge on any atom is -0.334 e. The van der Waals surface area contributed by atoms with Gasteiger partial charge in [0.2, 0.25) is 0 Å². The van der Waals surface area contributed by atoms with Gasteiger partial charge in [0.25, 0.3) is 0 Å². The highest BCUT2D eigenvalue weighted by Crippen LogP contribution is 2.14. The number of carbonyl (C=O) groups excluding carboxylic acids is 2. The molecule has 2 amide bonds. The molecule has 6 nitrogen and oxygen atoms in total. The number of hydrogen-bond donors (Lipinski definition) is 0. The van der Waals surface area contributed by atoms with E-state index >= 15 is 0 Å². The van der Waals surface area contributed by atoms with E-state index in [4.69, 9.17) is 0 Å². The normalized spacial score (nSPS) is 19.3. The molecule has 3 heterocycles. The van der Waals surface area contributed by atoms with Crippen molar-refractivity contribution in [2.75, 3.05) is 45.8 Å². The van der Waals surface area contributed by atoms with Crippen molar-refractivity contribution in [1.29, 1.82) is 0 Å². The Morgan fingerprint density at radius 2 is 1.65 bits per heavy atom. The molecule has 0 unspecified atom stereocenters. The van der Waals surface area contributed by atoms with Gasteiger partial charge in [-0.05, 0) is 26.2 Å². The maximum absolute atomic E-state index is 12.3.